The second-order valence-electron chi connectivity index (χ2n) is 13.9. The predicted molar refractivity (Wildman–Crippen MR) is 227 cm³/mol. The Balaban J connectivity index is 1.57. The van der Waals surface area contributed by atoms with Gasteiger partial charge in [0, 0.05) is 66.1 Å². The van der Waals surface area contributed by atoms with Crippen LogP contribution in [0.25, 0.3) is 33.4 Å². The largest absolute Gasteiger partial charge is 0.456 e. The predicted octanol–water partition coefficient (Wildman–Crippen LogP) is 12.2. The molecule has 0 saturated carbocycles. The van der Waals surface area contributed by atoms with Crippen LogP contribution < -0.4 is 14.8 Å². The summed E-state index contributed by atoms with van der Waals surface area (Å²) in [6.45, 7) is 5.35. The van der Waals surface area contributed by atoms with Crippen LogP contribution in [0.3, 0.4) is 0 Å². The lowest BCUT2D eigenvalue weighted by atomic mass is 9.93. The lowest BCUT2D eigenvalue weighted by Gasteiger charge is -2.25. The lowest BCUT2D eigenvalue weighted by molar-refractivity contribution is 0.386. The van der Waals surface area contributed by atoms with Crippen LogP contribution in [-0.4, -0.2) is 39.9 Å². The van der Waals surface area contributed by atoms with Gasteiger partial charge in [0.2, 0.25) is 21.1 Å². The van der Waals surface area contributed by atoms with Crippen LogP contribution in [0, 0.1) is 0 Å². The van der Waals surface area contributed by atoms with Crippen molar-refractivity contribution in [1.29, 1.82) is 0 Å². The quantitative estimate of drug-likeness (QED) is 0.0557. The number of anilines is 2. The van der Waals surface area contributed by atoms with E-state index in [1.807, 2.05) is 127 Å². The Morgan fingerprint density at radius 1 is 0.685 bits per heavy atom. The van der Waals surface area contributed by atoms with Crippen molar-refractivity contribution < 1.29 is 12.8 Å². The van der Waals surface area contributed by atoms with Gasteiger partial charge in [-0.15, -0.1) is 0 Å². The molecule has 0 aromatic heterocycles. The van der Waals surface area contributed by atoms with Gasteiger partial charge in [-0.2, -0.15) is 8.88 Å². The molecule has 1 aliphatic carbocycles. The Labute approximate surface area is 330 Å². The van der Waals surface area contributed by atoms with Gasteiger partial charge < -0.3 is 9.32 Å². The summed E-state index contributed by atoms with van der Waals surface area (Å²) in [5.41, 5.74) is 5.48. The molecular formula is C45H50Cl2N3O3S+. The first-order chi connectivity index (χ1) is 26.1. The van der Waals surface area contributed by atoms with Crippen molar-refractivity contribution in [3.63, 3.8) is 0 Å². The minimum atomic E-state index is -3.86. The van der Waals surface area contributed by atoms with Crippen molar-refractivity contribution >= 4 is 61.3 Å². The fourth-order valence-electron chi connectivity index (χ4n) is 7.12. The second-order valence-corrected chi connectivity index (χ2v) is 16.6. The lowest BCUT2D eigenvalue weighted by Crippen LogP contribution is -2.33. The summed E-state index contributed by atoms with van der Waals surface area (Å²) < 4.78 is 40.2. The van der Waals surface area contributed by atoms with E-state index in [2.05, 4.69) is 13.8 Å². The molecule has 54 heavy (non-hydrogen) atoms. The number of rotatable bonds is 16. The van der Waals surface area contributed by atoms with Gasteiger partial charge in [-0.1, -0.05) is 118 Å². The Morgan fingerprint density at radius 2 is 1.33 bits per heavy atom. The number of hydrogen-bond acceptors (Lipinski definition) is 4. The maximum Gasteiger partial charge on any atom is 0.243 e. The van der Waals surface area contributed by atoms with E-state index in [9.17, 15) is 8.42 Å². The summed E-state index contributed by atoms with van der Waals surface area (Å²) in [7, 11) is 0.0821. The molecule has 1 heterocycles. The van der Waals surface area contributed by atoms with Crippen LogP contribution in [0.15, 0.2) is 119 Å². The van der Waals surface area contributed by atoms with Gasteiger partial charge in [0.05, 0.1) is 21.7 Å². The van der Waals surface area contributed by atoms with Crippen molar-refractivity contribution in [2.75, 3.05) is 32.1 Å². The topological polar surface area (TPSA) is 56.8 Å². The zero-order valence-corrected chi connectivity index (χ0v) is 34.0. The Kier molecular flexibility index (Phi) is 13.2. The molecule has 6 nitrogen and oxygen atoms in total. The third kappa shape index (κ3) is 8.55. The Morgan fingerprint density at radius 3 is 2.02 bits per heavy atom. The molecule has 282 valence electrons. The third-order valence-corrected chi connectivity index (χ3v) is 12.8. The second kappa shape index (κ2) is 18.0. The molecule has 0 spiro atoms. The summed E-state index contributed by atoms with van der Waals surface area (Å²) in [4.78, 5) is 2.33. The van der Waals surface area contributed by atoms with Crippen molar-refractivity contribution in [2.45, 2.75) is 70.1 Å². The molecule has 9 heteroatoms. The number of sulfonamides is 1. The van der Waals surface area contributed by atoms with Gasteiger partial charge in [0.1, 0.15) is 23.4 Å². The third-order valence-electron chi connectivity index (χ3n) is 10.2. The molecule has 4 aromatic carbocycles. The monoisotopic (exact) mass is 782 g/mol. The number of hydrogen-bond donors (Lipinski definition) is 0. The van der Waals surface area contributed by atoms with E-state index >= 15 is 0 Å². The molecule has 6 rings (SSSR count). The highest BCUT2D eigenvalue weighted by atomic mass is 35.5. The highest BCUT2D eigenvalue weighted by Crippen LogP contribution is 2.44. The van der Waals surface area contributed by atoms with Crippen molar-refractivity contribution in [2.24, 2.45) is 0 Å². The summed E-state index contributed by atoms with van der Waals surface area (Å²) in [6, 6.07) is 35.0. The normalized spacial score (nSPS) is 12.5. The molecule has 2 aliphatic rings. The summed E-state index contributed by atoms with van der Waals surface area (Å²) in [5.74, 6) is 0.620. The van der Waals surface area contributed by atoms with Crippen LogP contribution in [0.1, 0.15) is 65.2 Å². The Bertz CT molecular complexity index is 2360. The van der Waals surface area contributed by atoms with Gasteiger partial charge in [0.25, 0.3) is 0 Å². The minimum Gasteiger partial charge on any atom is -0.456 e. The number of para-hydroxylation sites is 2. The van der Waals surface area contributed by atoms with Gasteiger partial charge in [-0.25, -0.2) is 8.42 Å². The van der Waals surface area contributed by atoms with E-state index in [0.29, 0.717) is 44.9 Å². The van der Waals surface area contributed by atoms with Crippen LogP contribution in [0.4, 0.5) is 17.1 Å². The summed E-state index contributed by atoms with van der Waals surface area (Å²) >= 11 is 13.2. The van der Waals surface area contributed by atoms with Gasteiger partial charge >= 0.3 is 0 Å². The molecule has 4 aromatic rings. The molecule has 0 atom stereocenters. The average Bonchev–Trinajstić information content (AvgIpc) is 3.18. The van der Waals surface area contributed by atoms with Crippen LogP contribution in [-0.2, 0) is 10.0 Å². The van der Waals surface area contributed by atoms with Crippen molar-refractivity contribution in [3.05, 3.63) is 125 Å². The standard InChI is InChI=1S/C45H50Cl2N3O3S/c1-5-7-9-17-29-50(30-18-10-8-6-2)54(51,52)44-24-16-11-19-37(44)45-35-27-25-33(48(3)40-22-14-12-20-38(40)46)31-42(35)53-43-32-34(26-28-36(43)45)49(4)41-23-15-13-21-39(41)47/h11-16,19-28,31-32H,5-10,17-18,29-30H2,1-4H3/q+1. The number of benzene rings is 5. The number of unbranched alkanes of at least 4 members (excludes halogenated alkanes) is 6. The van der Waals surface area contributed by atoms with Crippen molar-refractivity contribution in [1.82, 2.24) is 8.88 Å². The van der Waals surface area contributed by atoms with Gasteiger partial charge in [0.15, 0.2) is 0 Å². The van der Waals surface area contributed by atoms with Gasteiger partial charge in [-0.05, 0) is 55.3 Å². The molecule has 0 N–H and O–H groups in total. The highest BCUT2D eigenvalue weighted by Gasteiger charge is 2.30. The first-order valence-corrected chi connectivity index (χ1v) is 21.2. The Hall–Kier alpha value is -4.14. The minimum absolute atomic E-state index is 0.305. The maximum absolute atomic E-state index is 14.9. The first kappa shape index (κ1) is 39.6. The van der Waals surface area contributed by atoms with E-state index in [-0.39, 0.29) is 0 Å². The fourth-order valence-corrected chi connectivity index (χ4v) is 9.36. The number of halogens is 2. The molecule has 0 unspecified atom stereocenters. The molecule has 0 fully saturated rings. The summed E-state index contributed by atoms with van der Waals surface area (Å²) in [5, 5.41) is 2.96. The number of fused-ring (bicyclic) bond motifs is 2. The summed E-state index contributed by atoms with van der Waals surface area (Å²) in [6.07, 6.45) is 8.05. The van der Waals surface area contributed by atoms with E-state index < -0.39 is 10.0 Å². The average molecular weight is 784 g/mol. The van der Waals surface area contributed by atoms with Crippen LogP contribution in [0.2, 0.25) is 10.0 Å². The molecule has 1 aliphatic heterocycles. The van der Waals surface area contributed by atoms with E-state index in [0.717, 1.165) is 90.3 Å². The highest BCUT2D eigenvalue weighted by molar-refractivity contribution is 7.89. The zero-order valence-electron chi connectivity index (χ0n) is 31.7. The zero-order chi connectivity index (χ0) is 38.2. The molecule has 0 saturated heterocycles. The molecular weight excluding hydrogens is 733 g/mol. The maximum atomic E-state index is 14.9. The molecule has 0 amide bonds. The van der Waals surface area contributed by atoms with Crippen LogP contribution >= 0.6 is 23.2 Å². The van der Waals surface area contributed by atoms with Crippen molar-refractivity contribution in [3.8, 4) is 22.5 Å². The first-order valence-electron chi connectivity index (χ1n) is 19.0. The SMILES string of the molecule is CCCCCCN(CCCCCC)S(=O)(=O)c1ccccc1-c1c2ccc(=[N+](C)c3ccccc3Cl)cc-2oc2cc(N(C)c3ccccc3Cl)ccc12. The van der Waals surface area contributed by atoms with E-state index in [4.69, 9.17) is 27.6 Å². The van der Waals surface area contributed by atoms with Crippen LogP contribution in [0.5, 0.6) is 0 Å². The van der Waals surface area contributed by atoms with E-state index in [1.165, 1.54) is 0 Å². The fraction of sp³-hybridized carbons (Fsp3) is 0.311. The van der Waals surface area contributed by atoms with E-state index in [1.54, 1.807) is 10.4 Å². The number of nitrogens with zero attached hydrogens (tertiary/aromatic N) is 3. The smallest absolute Gasteiger partial charge is 0.243 e. The molecule has 0 bridgehead atoms. The molecule has 0 radical (unpaired) electrons. The van der Waals surface area contributed by atoms with Gasteiger partial charge in [-0.3, -0.25) is 0 Å².